The fourth-order valence-electron chi connectivity index (χ4n) is 3.50. The number of carbonyl (C=O) groups is 1. The molecule has 6 nitrogen and oxygen atoms in total. The summed E-state index contributed by atoms with van der Waals surface area (Å²) in [7, 11) is 1.72. The number of aromatic nitrogens is 2. The molecule has 136 valence electrons. The minimum atomic E-state index is -0.169. The number of benzene rings is 1. The van der Waals surface area contributed by atoms with Crippen LogP contribution in [0.15, 0.2) is 29.1 Å². The summed E-state index contributed by atoms with van der Waals surface area (Å²) in [4.78, 5) is 24.5. The Hall–Kier alpha value is -2.08. The Morgan fingerprint density at radius 2 is 1.92 bits per heavy atom. The Bertz CT molecular complexity index is 772. The highest BCUT2D eigenvalue weighted by Gasteiger charge is 2.14. The molecule has 3 rings (SSSR count). The van der Waals surface area contributed by atoms with Gasteiger partial charge in [-0.15, -0.1) is 0 Å². The van der Waals surface area contributed by atoms with E-state index in [-0.39, 0.29) is 18.1 Å². The smallest absolute Gasteiger partial charge is 0.329 e. The third kappa shape index (κ3) is 4.31. The number of hydrogen-bond acceptors (Lipinski definition) is 3. The molecule has 1 saturated carbocycles. The molecular weight excluding hydrogens is 318 g/mol. The van der Waals surface area contributed by atoms with Gasteiger partial charge in [0.1, 0.15) is 6.54 Å². The van der Waals surface area contributed by atoms with Gasteiger partial charge in [0.2, 0.25) is 5.91 Å². The highest BCUT2D eigenvalue weighted by molar-refractivity contribution is 5.80. The van der Waals surface area contributed by atoms with Crippen LogP contribution in [0.2, 0.25) is 0 Å². The number of rotatable bonds is 7. The van der Waals surface area contributed by atoms with E-state index in [0.717, 1.165) is 30.3 Å². The van der Waals surface area contributed by atoms with Crippen molar-refractivity contribution in [2.75, 3.05) is 13.2 Å². The number of nitrogens with one attached hydrogen (secondary N) is 1. The Labute approximate surface area is 147 Å². The second kappa shape index (κ2) is 8.34. The van der Waals surface area contributed by atoms with Gasteiger partial charge in [0.05, 0.1) is 17.1 Å². The van der Waals surface area contributed by atoms with Crippen LogP contribution in [0.1, 0.15) is 38.5 Å². The number of aryl methyl sites for hydroxylation is 1. The molecule has 2 aromatic rings. The lowest BCUT2D eigenvalue weighted by atomic mass is 9.98. The predicted molar refractivity (Wildman–Crippen MR) is 97.6 cm³/mol. The maximum Gasteiger partial charge on any atom is 0.329 e. The Morgan fingerprint density at radius 3 is 2.68 bits per heavy atom. The molecule has 0 spiro atoms. The average Bonchev–Trinajstić information content (AvgIpc) is 2.88. The van der Waals surface area contributed by atoms with E-state index in [4.69, 9.17) is 4.74 Å². The molecule has 1 aliphatic rings. The van der Waals surface area contributed by atoms with Gasteiger partial charge >= 0.3 is 5.69 Å². The van der Waals surface area contributed by atoms with Crippen molar-refractivity contribution < 1.29 is 9.53 Å². The first-order valence-electron chi connectivity index (χ1n) is 9.19. The van der Waals surface area contributed by atoms with Gasteiger partial charge in [-0.25, -0.2) is 4.79 Å². The second-order valence-electron chi connectivity index (χ2n) is 6.75. The zero-order valence-corrected chi connectivity index (χ0v) is 14.9. The van der Waals surface area contributed by atoms with E-state index in [2.05, 4.69) is 5.32 Å². The summed E-state index contributed by atoms with van der Waals surface area (Å²) >= 11 is 0. The molecule has 1 aromatic carbocycles. The summed E-state index contributed by atoms with van der Waals surface area (Å²) in [5.41, 5.74) is 1.45. The highest BCUT2D eigenvalue weighted by Crippen LogP contribution is 2.20. The maximum atomic E-state index is 12.3. The van der Waals surface area contributed by atoms with E-state index in [1.54, 1.807) is 11.6 Å². The molecule has 6 heteroatoms. The minimum absolute atomic E-state index is 0.0453. The third-order valence-corrected chi connectivity index (χ3v) is 4.90. The molecular formula is C19H27N3O3. The lowest BCUT2D eigenvalue weighted by Crippen LogP contribution is -2.33. The Morgan fingerprint density at radius 1 is 1.20 bits per heavy atom. The van der Waals surface area contributed by atoms with E-state index in [0.29, 0.717) is 19.3 Å². The van der Waals surface area contributed by atoms with Crippen molar-refractivity contribution in [1.29, 1.82) is 0 Å². The van der Waals surface area contributed by atoms with Crippen molar-refractivity contribution in [2.45, 2.75) is 51.2 Å². The first-order chi connectivity index (χ1) is 12.2. The van der Waals surface area contributed by atoms with Crippen LogP contribution in [0.5, 0.6) is 0 Å². The van der Waals surface area contributed by atoms with Crippen LogP contribution < -0.4 is 11.0 Å². The van der Waals surface area contributed by atoms with Crippen molar-refractivity contribution in [3.05, 3.63) is 34.7 Å². The topological polar surface area (TPSA) is 65.3 Å². The van der Waals surface area contributed by atoms with Crippen LogP contribution in [-0.2, 0) is 23.1 Å². The lowest BCUT2D eigenvalue weighted by Gasteiger charge is -2.21. The van der Waals surface area contributed by atoms with Crippen molar-refractivity contribution >= 4 is 16.9 Å². The van der Waals surface area contributed by atoms with E-state index in [9.17, 15) is 9.59 Å². The second-order valence-corrected chi connectivity index (χ2v) is 6.75. The van der Waals surface area contributed by atoms with Crippen LogP contribution in [0.3, 0.4) is 0 Å². The quantitative estimate of drug-likeness (QED) is 0.783. The van der Waals surface area contributed by atoms with E-state index in [1.807, 2.05) is 24.3 Å². The monoisotopic (exact) mass is 345 g/mol. The summed E-state index contributed by atoms with van der Waals surface area (Å²) in [6.45, 7) is 1.30. The third-order valence-electron chi connectivity index (χ3n) is 4.90. The normalized spacial score (nSPS) is 15.6. The number of carbonyl (C=O) groups excluding carboxylic acids is 1. The summed E-state index contributed by atoms with van der Waals surface area (Å²) in [6.07, 6.45) is 7.38. The molecule has 1 fully saturated rings. The molecule has 1 amide bonds. The molecule has 1 N–H and O–H groups in total. The van der Waals surface area contributed by atoms with Gasteiger partial charge in [-0.3, -0.25) is 13.9 Å². The van der Waals surface area contributed by atoms with Crippen LogP contribution in [-0.4, -0.2) is 34.3 Å². The summed E-state index contributed by atoms with van der Waals surface area (Å²) in [6, 6.07) is 7.51. The summed E-state index contributed by atoms with van der Waals surface area (Å²) in [5.74, 6) is -0.142. The molecule has 0 radical (unpaired) electrons. The maximum absolute atomic E-state index is 12.3. The van der Waals surface area contributed by atoms with Crippen molar-refractivity contribution in [3.63, 3.8) is 0 Å². The van der Waals surface area contributed by atoms with Gasteiger partial charge in [0.25, 0.3) is 0 Å². The number of para-hydroxylation sites is 2. The van der Waals surface area contributed by atoms with E-state index in [1.165, 1.54) is 23.8 Å². The number of amides is 1. The molecule has 0 bridgehead atoms. The number of ether oxygens (including phenoxy) is 1. The molecule has 0 atom stereocenters. The van der Waals surface area contributed by atoms with Gasteiger partial charge < -0.3 is 10.1 Å². The Balaban J connectivity index is 1.45. The zero-order chi connectivity index (χ0) is 17.6. The van der Waals surface area contributed by atoms with Crippen molar-refractivity contribution in [2.24, 2.45) is 7.05 Å². The fourth-order valence-corrected chi connectivity index (χ4v) is 3.50. The first kappa shape index (κ1) is 17.7. The molecule has 0 unspecified atom stereocenters. The summed E-state index contributed by atoms with van der Waals surface area (Å²) in [5, 5.41) is 2.88. The van der Waals surface area contributed by atoms with Crippen molar-refractivity contribution in [3.8, 4) is 0 Å². The standard InChI is InChI=1S/C19H27N3O3/c1-21-16-10-5-6-11-17(16)22(19(21)24)14-18(23)20-12-7-13-25-15-8-3-2-4-9-15/h5-6,10-11,15H,2-4,7-9,12-14H2,1H3,(H,20,23). The number of fused-ring (bicyclic) bond motifs is 1. The number of hydrogen-bond donors (Lipinski definition) is 1. The van der Waals surface area contributed by atoms with Gasteiger partial charge in [-0.2, -0.15) is 0 Å². The molecule has 0 saturated heterocycles. The van der Waals surface area contributed by atoms with E-state index >= 15 is 0 Å². The van der Waals surface area contributed by atoms with Gasteiger partial charge in [0, 0.05) is 20.2 Å². The van der Waals surface area contributed by atoms with Crippen LogP contribution >= 0.6 is 0 Å². The van der Waals surface area contributed by atoms with Crippen molar-refractivity contribution in [1.82, 2.24) is 14.5 Å². The summed E-state index contributed by atoms with van der Waals surface area (Å²) < 4.78 is 8.94. The molecule has 1 aromatic heterocycles. The largest absolute Gasteiger partial charge is 0.378 e. The van der Waals surface area contributed by atoms with Crippen LogP contribution in [0.4, 0.5) is 0 Å². The minimum Gasteiger partial charge on any atom is -0.378 e. The zero-order valence-electron chi connectivity index (χ0n) is 14.9. The van der Waals surface area contributed by atoms with Gasteiger partial charge in [-0.05, 0) is 31.4 Å². The van der Waals surface area contributed by atoms with Gasteiger partial charge in [-0.1, -0.05) is 31.4 Å². The molecule has 1 heterocycles. The average molecular weight is 345 g/mol. The van der Waals surface area contributed by atoms with Crippen LogP contribution in [0.25, 0.3) is 11.0 Å². The lowest BCUT2D eigenvalue weighted by molar-refractivity contribution is -0.121. The van der Waals surface area contributed by atoms with Gasteiger partial charge in [0.15, 0.2) is 0 Å². The Kier molecular flexibility index (Phi) is 5.91. The molecule has 25 heavy (non-hydrogen) atoms. The number of imidazole rings is 1. The molecule has 0 aliphatic heterocycles. The highest BCUT2D eigenvalue weighted by atomic mass is 16.5. The fraction of sp³-hybridized carbons (Fsp3) is 0.579. The van der Waals surface area contributed by atoms with E-state index < -0.39 is 0 Å². The van der Waals surface area contributed by atoms with Crippen LogP contribution in [0, 0.1) is 0 Å². The number of nitrogens with zero attached hydrogens (tertiary/aromatic N) is 2. The first-order valence-corrected chi connectivity index (χ1v) is 9.19. The molecule has 1 aliphatic carbocycles. The predicted octanol–water partition coefficient (Wildman–Crippen LogP) is 2.20. The SMILES string of the molecule is Cn1c(=O)n(CC(=O)NCCCOC2CCCCC2)c2ccccc21.